The van der Waals surface area contributed by atoms with Crippen LogP contribution in [0.15, 0.2) is 0 Å². The van der Waals surface area contributed by atoms with Gasteiger partial charge in [-0.05, 0) is 6.92 Å². The summed E-state index contributed by atoms with van der Waals surface area (Å²) in [5.41, 5.74) is 0. The van der Waals surface area contributed by atoms with Gasteiger partial charge in [0.1, 0.15) is 6.61 Å². The summed E-state index contributed by atoms with van der Waals surface area (Å²) in [7, 11) is 0. The van der Waals surface area contributed by atoms with Crippen molar-refractivity contribution in [3.8, 4) is 0 Å². The number of hydrogen-bond donors (Lipinski definition) is 1. The molecule has 0 spiro atoms. The van der Waals surface area contributed by atoms with Crippen molar-refractivity contribution in [1.29, 1.82) is 0 Å². The number of halogens is 1. The van der Waals surface area contributed by atoms with Crippen LogP contribution in [0, 0.1) is 0 Å². The summed E-state index contributed by atoms with van der Waals surface area (Å²) >= 11 is 0. The fourth-order valence-corrected chi connectivity index (χ4v) is 0.641. The van der Waals surface area contributed by atoms with E-state index in [0.29, 0.717) is 25.8 Å². The van der Waals surface area contributed by atoms with E-state index in [1.807, 2.05) is 13.8 Å². The van der Waals surface area contributed by atoms with E-state index >= 15 is 0 Å². The molecule has 0 aliphatic heterocycles. The lowest BCUT2D eigenvalue weighted by molar-refractivity contribution is 0.0594. The smallest absolute Gasteiger partial charge is 0.435 e. The molecule has 0 saturated heterocycles. The van der Waals surface area contributed by atoms with Gasteiger partial charge in [0.2, 0.25) is 0 Å². The molecule has 4 nitrogen and oxygen atoms in total. The highest BCUT2D eigenvalue weighted by atomic mass is 35.5. The minimum atomic E-state index is -0.594. The van der Waals surface area contributed by atoms with Crippen molar-refractivity contribution in [3.63, 3.8) is 0 Å². The summed E-state index contributed by atoms with van der Waals surface area (Å²) in [6, 6.07) is 0.413. The molecule has 0 heterocycles. The number of rotatable bonds is 5. The van der Waals surface area contributed by atoms with Crippen molar-refractivity contribution in [2.24, 2.45) is 0 Å². The SMILES string of the molecule is CCOC(=O)OCCNC(C)C.Cl. The molecule has 0 aromatic heterocycles. The third kappa shape index (κ3) is 11.5. The maximum atomic E-state index is 10.6. The summed E-state index contributed by atoms with van der Waals surface area (Å²) in [5.74, 6) is 0. The molecular weight excluding hydrogens is 194 g/mol. The van der Waals surface area contributed by atoms with E-state index in [2.05, 4.69) is 10.1 Å². The summed E-state index contributed by atoms with van der Waals surface area (Å²) < 4.78 is 9.27. The monoisotopic (exact) mass is 211 g/mol. The van der Waals surface area contributed by atoms with Crippen LogP contribution >= 0.6 is 12.4 Å². The predicted octanol–water partition coefficient (Wildman–Crippen LogP) is 1.58. The van der Waals surface area contributed by atoms with Gasteiger partial charge in [-0.15, -0.1) is 12.4 Å². The fourth-order valence-electron chi connectivity index (χ4n) is 0.641. The fraction of sp³-hybridized carbons (Fsp3) is 0.875. The Morgan fingerprint density at radius 1 is 1.38 bits per heavy atom. The van der Waals surface area contributed by atoms with Gasteiger partial charge in [-0.1, -0.05) is 13.8 Å². The van der Waals surface area contributed by atoms with Crippen LogP contribution in [0.5, 0.6) is 0 Å². The van der Waals surface area contributed by atoms with Crippen LogP contribution in [0.1, 0.15) is 20.8 Å². The van der Waals surface area contributed by atoms with Crippen LogP contribution < -0.4 is 5.32 Å². The van der Waals surface area contributed by atoms with Crippen molar-refractivity contribution in [3.05, 3.63) is 0 Å². The maximum Gasteiger partial charge on any atom is 0.508 e. The van der Waals surface area contributed by atoms with Crippen molar-refractivity contribution < 1.29 is 14.3 Å². The first kappa shape index (κ1) is 15.0. The van der Waals surface area contributed by atoms with Gasteiger partial charge in [0.05, 0.1) is 6.61 Å². The largest absolute Gasteiger partial charge is 0.508 e. The molecule has 0 aliphatic rings. The second kappa shape index (κ2) is 9.61. The lowest BCUT2D eigenvalue weighted by Gasteiger charge is -2.07. The molecule has 0 saturated carbocycles. The molecule has 0 aliphatic carbocycles. The van der Waals surface area contributed by atoms with E-state index in [4.69, 9.17) is 4.74 Å². The molecule has 0 bridgehead atoms. The molecule has 0 atom stereocenters. The van der Waals surface area contributed by atoms with E-state index in [-0.39, 0.29) is 12.4 Å². The molecular formula is C8H18ClNO3. The van der Waals surface area contributed by atoms with E-state index in [1.54, 1.807) is 6.92 Å². The summed E-state index contributed by atoms with van der Waals surface area (Å²) in [4.78, 5) is 10.6. The van der Waals surface area contributed by atoms with Gasteiger partial charge in [-0.25, -0.2) is 4.79 Å². The van der Waals surface area contributed by atoms with E-state index in [1.165, 1.54) is 0 Å². The first-order valence-electron chi connectivity index (χ1n) is 4.19. The Hall–Kier alpha value is -0.480. The number of carbonyl (C=O) groups is 1. The van der Waals surface area contributed by atoms with E-state index in [9.17, 15) is 4.79 Å². The first-order chi connectivity index (χ1) is 5.66. The van der Waals surface area contributed by atoms with Gasteiger partial charge in [-0.3, -0.25) is 0 Å². The third-order valence-electron chi connectivity index (χ3n) is 1.14. The van der Waals surface area contributed by atoms with Crippen molar-refractivity contribution in [2.75, 3.05) is 19.8 Å². The molecule has 1 N–H and O–H groups in total. The van der Waals surface area contributed by atoms with Crippen molar-refractivity contribution in [2.45, 2.75) is 26.8 Å². The van der Waals surface area contributed by atoms with Crippen LogP contribution in [0.2, 0.25) is 0 Å². The highest BCUT2D eigenvalue weighted by Crippen LogP contribution is 1.84. The predicted molar refractivity (Wildman–Crippen MR) is 53.4 cm³/mol. The zero-order valence-electron chi connectivity index (χ0n) is 8.33. The second-order valence-corrected chi connectivity index (χ2v) is 2.64. The van der Waals surface area contributed by atoms with Crippen LogP contribution in [0.3, 0.4) is 0 Å². The highest BCUT2D eigenvalue weighted by molar-refractivity contribution is 5.85. The number of hydrogen-bond acceptors (Lipinski definition) is 4. The Labute approximate surface area is 85.4 Å². The quantitative estimate of drug-likeness (QED) is 0.554. The lowest BCUT2D eigenvalue weighted by Crippen LogP contribution is -2.27. The Bertz CT molecular complexity index is 131. The zero-order valence-corrected chi connectivity index (χ0v) is 9.15. The summed E-state index contributed by atoms with van der Waals surface area (Å²) in [5, 5.41) is 3.11. The standard InChI is InChI=1S/C8H17NO3.ClH/c1-4-11-8(10)12-6-5-9-7(2)3;/h7,9H,4-6H2,1-3H3;1H. The molecule has 80 valence electrons. The van der Waals surface area contributed by atoms with Gasteiger partial charge in [0.25, 0.3) is 0 Å². The molecule has 0 aromatic rings. The van der Waals surface area contributed by atoms with Gasteiger partial charge >= 0.3 is 6.16 Å². The average molecular weight is 212 g/mol. The molecule has 0 radical (unpaired) electrons. The number of carbonyl (C=O) groups excluding carboxylic acids is 1. The molecule has 0 fully saturated rings. The molecule has 0 unspecified atom stereocenters. The molecule has 13 heavy (non-hydrogen) atoms. The van der Waals surface area contributed by atoms with Crippen LogP contribution in [0.4, 0.5) is 4.79 Å². The molecule has 0 aromatic carbocycles. The molecule has 0 rings (SSSR count). The normalized spacial score (nSPS) is 9.23. The van der Waals surface area contributed by atoms with Crippen molar-refractivity contribution >= 4 is 18.6 Å². The highest BCUT2D eigenvalue weighted by Gasteiger charge is 2.00. The second-order valence-electron chi connectivity index (χ2n) is 2.64. The summed E-state index contributed by atoms with van der Waals surface area (Å²) in [6.45, 7) is 7.19. The first-order valence-corrected chi connectivity index (χ1v) is 4.19. The Morgan fingerprint density at radius 2 is 2.00 bits per heavy atom. The van der Waals surface area contributed by atoms with Gasteiger partial charge in [0.15, 0.2) is 0 Å². The van der Waals surface area contributed by atoms with Gasteiger partial charge in [-0.2, -0.15) is 0 Å². The van der Waals surface area contributed by atoms with Crippen LogP contribution in [-0.4, -0.2) is 32.0 Å². The number of nitrogens with one attached hydrogen (secondary N) is 1. The van der Waals surface area contributed by atoms with Crippen LogP contribution in [0.25, 0.3) is 0 Å². The van der Waals surface area contributed by atoms with E-state index < -0.39 is 6.16 Å². The minimum Gasteiger partial charge on any atom is -0.435 e. The van der Waals surface area contributed by atoms with Gasteiger partial charge < -0.3 is 14.8 Å². The molecule has 0 amide bonds. The topological polar surface area (TPSA) is 47.6 Å². The average Bonchev–Trinajstić information content (AvgIpc) is 1.98. The Balaban J connectivity index is 0. The van der Waals surface area contributed by atoms with Crippen molar-refractivity contribution in [1.82, 2.24) is 5.32 Å². The van der Waals surface area contributed by atoms with Crippen LogP contribution in [-0.2, 0) is 9.47 Å². The third-order valence-corrected chi connectivity index (χ3v) is 1.14. The summed E-state index contributed by atoms with van der Waals surface area (Å²) in [6.07, 6.45) is -0.594. The minimum absolute atomic E-state index is 0. The maximum absolute atomic E-state index is 10.6. The Morgan fingerprint density at radius 3 is 2.46 bits per heavy atom. The lowest BCUT2D eigenvalue weighted by atomic mass is 10.4. The van der Waals surface area contributed by atoms with E-state index in [0.717, 1.165) is 0 Å². The van der Waals surface area contributed by atoms with Gasteiger partial charge in [0, 0.05) is 12.6 Å². The Kier molecular flexibility index (Phi) is 11.1. The number of ether oxygens (including phenoxy) is 2. The molecule has 5 heteroatoms. The zero-order chi connectivity index (χ0) is 9.40.